The van der Waals surface area contributed by atoms with Crippen LogP contribution >= 0.6 is 0 Å². The van der Waals surface area contributed by atoms with Gasteiger partial charge in [-0.05, 0) is 38.1 Å². The Morgan fingerprint density at radius 2 is 1.96 bits per heavy atom. The highest BCUT2D eigenvalue weighted by Gasteiger charge is 2.35. The largest absolute Gasteiger partial charge is 0.497 e. The van der Waals surface area contributed by atoms with Crippen molar-refractivity contribution in [3.63, 3.8) is 0 Å². The molecule has 126 valence electrons. The molecule has 0 fully saturated rings. The van der Waals surface area contributed by atoms with Gasteiger partial charge >= 0.3 is 0 Å². The SMILES string of the molecule is COc1ccc2nc(S(=O)C(C)(C)c3ncccc3OC)[nH]c2c1. The molecule has 24 heavy (non-hydrogen) atoms. The maximum Gasteiger partial charge on any atom is 0.198 e. The molecular formula is C17H19N3O3S. The number of nitrogens with one attached hydrogen (secondary N) is 1. The lowest BCUT2D eigenvalue weighted by Gasteiger charge is -2.23. The van der Waals surface area contributed by atoms with E-state index in [1.807, 2.05) is 38.1 Å². The summed E-state index contributed by atoms with van der Waals surface area (Å²) in [6, 6.07) is 9.08. The van der Waals surface area contributed by atoms with Crippen molar-refractivity contribution < 1.29 is 13.7 Å². The molecule has 2 heterocycles. The number of hydrogen-bond acceptors (Lipinski definition) is 5. The van der Waals surface area contributed by atoms with Gasteiger partial charge in [0.15, 0.2) is 5.16 Å². The summed E-state index contributed by atoms with van der Waals surface area (Å²) < 4.78 is 22.9. The standard InChI is InChI=1S/C17H19N3O3S/c1-17(2,15-14(23-4)6-5-9-18-15)24(21)16-19-12-8-7-11(22-3)10-13(12)20-16/h5-10H,1-4H3,(H,19,20). The summed E-state index contributed by atoms with van der Waals surface area (Å²) in [6.07, 6.45) is 1.67. The first-order valence-electron chi connectivity index (χ1n) is 7.42. The van der Waals surface area contributed by atoms with E-state index in [1.54, 1.807) is 26.5 Å². The third-order valence-electron chi connectivity index (χ3n) is 3.87. The maximum absolute atomic E-state index is 13.1. The smallest absolute Gasteiger partial charge is 0.198 e. The number of ether oxygens (including phenoxy) is 2. The van der Waals surface area contributed by atoms with Crippen molar-refractivity contribution in [2.45, 2.75) is 23.8 Å². The summed E-state index contributed by atoms with van der Waals surface area (Å²) in [5, 5.41) is 0.399. The highest BCUT2D eigenvalue weighted by atomic mass is 32.2. The molecule has 3 rings (SSSR count). The zero-order chi connectivity index (χ0) is 17.3. The molecule has 0 aliphatic heterocycles. The number of methoxy groups -OCH3 is 2. The average molecular weight is 345 g/mol. The fourth-order valence-corrected chi connectivity index (χ4v) is 3.71. The van der Waals surface area contributed by atoms with Gasteiger partial charge in [0.25, 0.3) is 0 Å². The molecule has 0 spiro atoms. The average Bonchev–Trinajstić information content (AvgIpc) is 3.03. The second kappa shape index (κ2) is 6.24. The zero-order valence-electron chi connectivity index (χ0n) is 14.0. The second-order valence-electron chi connectivity index (χ2n) is 5.76. The van der Waals surface area contributed by atoms with Crippen LogP contribution in [0.3, 0.4) is 0 Å². The molecule has 6 nitrogen and oxygen atoms in total. The molecule has 0 saturated carbocycles. The van der Waals surface area contributed by atoms with Gasteiger partial charge in [-0.3, -0.25) is 9.19 Å². The predicted molar refractivity (Wildman–Crippen MR) is 92.9 cm³/mol. The minimum Gasteiger partial charge on any atom is -0.497 e. The molecule has 0 aliphatic carbocycles. The monoisotopic (exact) mass is 345 g/mol. The highest BCUT2D eigenvalue weighted by molar-refractivity contribution is 7.85. The topological polar surface area (TPSA) is 77.1 Å². The lowest BCUT2D eigenvalue weighted by Crippen LogP contribution is -2.26. The minimum atomic E-state index is -1.45. The van der Waals surface area contributed by atoms with E-state index >= 15 is 0 Å². The van der Waals surface area contributed by atoms with Crippen LogP contribution in [0.15, 0.2) is 41.7 Å². The highest BCUT2D eigenvalue weighted by Crippen LogP contribution is 2.35. The van der Waals surface area contributed by atoms with Gasteiger partial charge in [-0.25, -0.2) is 4.98 Å². The minimum absolute atomic E-state index is 0.399. The number of benzene rings is 1. The quantitative estimate of drug-likeness (QED) is 0.769. The molecule has 0 saturated heterocycles. The van der Waals surface area contributed by atoms with Gasteiger partial charge in [-0.15, -0.1) is 0 Å². The number of rotatable bonds is 5. The van der Waals surface area contributed by atoms with E-state index in [0.29, 0.717) is 22.3 Å². The van der Waals surface area contributed by atoms with Crippen LogP contribution in [0.1, 0.15) is 19.5 Å². The van der Waals surface area contributed by atoms with E-state index < -0.39 is 15.5 Å². The third-order valence-corrected chi connectivity index (χ3v) is 5.53. The van der Waals surface area contributed by atoms with E-state index in [2.05, 4.69) is 15.0 Å². The summed E-state index contributed by atoms with van der Waals surface area (Å²) in [5.74, 6) is 1.32. The molecular weight excluding hydrogens is 326 g/mol. The van der Waals surface area contributed by atoms with Crippen LogP contribution in [0, 0.1) is 0 Å². The fraction of sp³-hybridized carbons (Fsp3) is 0.294. The number of imidazole rings is 1. The first-order chi connectivity index (χ1) is 11.5. The van der Waals surface area contributed by atoms with Crippen molar-refractivity contribution in [1.82, 2.24) is 15.0 Å². The van der Waals surface area contributed by atoms with Crippen LogP contribution in [0.25, 0.3) is 11.0 Å². The first-order valence-corrected chi connectivity index (χ1v) is 8.57. The Bertz CT molecular complexity index is 905. The normalized spacial score (nSPS) is 13.0. The van der Waals surface area contributed by atoms with E-state index in [1.165, 1.54) is 0 Å². The number of aromatic amines is 1. The van der Waals surface area contributed by atoms with E-state index in [-0.39, 0.29) is 0 Å². The van der Waals surface area contributed by atoms with Gasteiger partial charge in [0.1, 0.15) is 28.0 Å². The fourth-order valence-electron chi connectivity index (χ4n) is 2.52. The Morgan fingerprint density at radius 1 is 1.17 bits per heavy atom. The Kier molecular flexibility index (Phi) is 4.28. The number of hydrogen-bond donors (Lipinski definition) is 1. The lowest BCUT2D eigenvalue weighted by molar-refractivity contribution is 0.401. The van der Waals surface area contributed by atoms with Crippen molar-refractivity contribution in [1.29, 1.82) is 0 Å². The second-order valence-corrected chi connectivity index (χ2v) is 7.70. The molecule has 0 radical (unpaired) electrons. The molecule has 0 bridgehead atoms. The molecule has 7 heteroatoms. The number of fused-ring (bicyclic) bond motifs is 1. The van der Waals surface area contributed by atoms with Crippen molar-refractivity contribution in [2.75, 3.05) is 14.2 Å². The predicted octanol–water partition coefficient (Wildman–Crippen LogP) is 3.02. The molecule has 3 aromatic rings. The van der Waals surface area contributed by atoms with E-state index in [0.717, 1.165) is 11.0 Å². The molecule has 1 atom stereocenters. The summed E-state index contributed by atoms with van der Waals surface area (Å²) in [5.41, 5.74) is 2.15. The molecule has 1 aromatic carbocycles. The van der Waals surface area contributed by atoms with Crippen LogP contribution in [0.4, 0.5) is 0 Å². The van der Waals surface area contributed by atoms with Gasteiger partial charge < -0.3 is 14.5 Å². The maximum atomic E-state index is 13.1. The van der Waals surface area contributed by atoms with Crippen molar-refractivity contribution in [3.8, 4) is 11.5 Å². The van der Waals surface area contributed by atoms with Gasteiger partial charge in [0.05, 0.1) is 30.0 Å². The Morgan fingerprint density at radius 3 is 2.67 bits per heavy atom. The molecule has 1 N–H and O–H groups in total. The van der Waals surface area contributed by atoms with Crippen LogP contribution in [0.2, 0.25) is 0 Å². The summed E-state index contributed by atoms with van der Waals surface area (Å²) in [6.45, 7) is 3.73. The van der Waals surface area contributed by atoms with Crippen LogP contribution in [-0.4, -0.2) is 33.4 Å². The summed E-state index contributed by atoms with van der Waals surface area (Å²) in [7, 11) is 1.73. The van der Waals surface area contributed by atoms with Crippen molar-refractivity contribution in [2.24, 2.45) is 0 Å². The van der Waals surface area contributed by atoms with Gasteiger partial charge in [-0.1, -0.05) is 0 Å². The number of H-pyrrole nitrogens is 1. The first kappa shape index (κ1) is 16.4. The van der Waals surface area contributed by atoms with Gasteiger partial charge in [0.2, 0.25) is 0 Å². The molecule has 2 aromatic heterocycles. The van der Waals surface area contributed by atoms with Crippen molar-refractivity contribution in [3.05, 3.63) is 42.2 Å². The Balaban J connectivity index is 2.04. The number of pyridine rings is 1. The number of aromatic nitrogens is 3. The van der Waals surface area contributed by atoms with Crippen LogP contribution in [0.5, 0.6) is 11.5 Å². The zero-order valence-corrected chi connectivity index (χ0v) is 14.8. The molecule has 1 unspecified atom stereocenters. The molecule has 0 amide bonds. The van der Waals surface area contributed by atoms with E-state index in [4.69, 9.17) is 9.47 Å². The Hall–Kier alpha value is -2.41. The van der Waals surface area contributed by atoms with Crippen LogP contribution < -0.4 is 9.47 Å². The third kappa shape index (κ3) is 2.75. The van der Waals surface area contributed by atoms with E-state index in [9.17, 15) is 4.21 Å². The molecule has 0 aliphatic rings. The van der Waals surface area contributed by atoms with Crippen molar-refractivity contribution >= 4 is 21.8 Å². The Labute approximate surface area is 142 Å². The van der Waals surface area contributed by atoms with Gasteiger partial charge in [0, 0.05) is 12.3 Å². The van der Waals surface area contributed by atoms with Gasteiger partial charge in [-0.2, -0.15) is 0 Å². The summed E-state index contributed by atoms with van der Waals surface area (Å²) in [4.78, 5) is 11.9. The summed E-state index contributed by atoms with van der Waals surface area (Å²) >= 11 is 0. The lowest BCUT2D eigenvalue weighted by atomic mass is 10.1. The number of nitrogens with zero attached hydrogens (tertiary/aromatic N) is 2. The van der Waals surface area contributed by atoms with Crippen LogP contribution in [-0.2, 0) is 15.5 Å².